The first kappa shape index (κ1) is 15.2. The van der Waals surface area contributed by atoms with Gasteiger partial charge in [0.05, 0.1) is 16.3 Å². The Kier molecular flexibility index (Phi) is 4.12. The highest BCUT2D eigenvalue weighted by atomic mass is 32.2. The lowest BCUT2D eigenvalue weighted by molar-refractivity contribution is -0.274. The van der Waals surface area contributed by atoms with Gasteiger partial charge in [0.15, 0.2) is 9.84 Å². The molecule has 0 atom stereocenters. The van der Waals surface area contributed by atoms with Gasteiger partial charge in [-0.05, 0) is 36.4 Å². The van der Waals surface area contributed by atoms with Crippen molar-refractivity contribution in [3.63, 3.8) is 0 Å². The molecule has 0 aliphatic carbocycles. The minimum Gasteiger partial charge on any atom is -0.406 e. The average Bonchev–Trinajstić information content (AvgIpc) is 2.38. The number of alkyl halides is 3. The van der Waals surface area contributed by atoms with Gasteiger partial charge in [-0.25, -0.2) is 8.42 Å². The van der Waals surface area contributed by atoms with Crippen LogP contribution in [0.25, 0.3) is 0 Å². The van der Waals surface area contributed by atoms with Gasteiger partial charge >= 0.3 is 6.36 Å². The van der Waals surface area contributed by atoms with Crippen molar-refractivity contribution in [2.45, 2.75) is 17.0 Å². The molecule has 1 aromatic carbocycles. The van der Waals surface area contributed by atoms with Crippen molar-refractivity contribution < 1.29 is 26.3 Å². The van der Waals surface area contributed by atoms with Crippen LogP contribution in [0.1, 0.15) is 5.69 Å². The fraction of sp³-hybridized carbons (Fsp3) is 0.167. The van der Waals surface area contributed by atoms with Crippen LogP contribution in [0.15, 0.2) is 47.5 Å². The second-order valence-corrected chi connectivity index (χ2v) is 5.98. The third-order valence-corrected chi connectivity index (χ3v) is 4.05. The second kappa shape index (κ2) is 5.68. The Hall–Kier alpha value is -2.16. The van der Waals surface area contributed by atoms with Crippen molar-refractivity contribution in [2.75, 3.05) is 0 Å². The van der Waals surface area contributed by atoms with Gasteiger partial charge in [-0.2, -0.15) is 10.2 Å². The van der Waals surface area contributed by atoms with Crippen molar-refractivity contribution in [2.24, 2.45) is 0 Å². The van der Waals surface area contributed by atoms with Crippen molar-refractivity contribution in [3.05, 3.63) is 48.3 Å². The first-order valence-electron chi connectivity index (χ1n) is 5.61. The van der Waals surface area contributed by atoms with Crippen molar-refractivity contribution in [1.29, 1.82) is 0 Å². The Morgan fingerprint density at radius 1 is 1.10 bits per heavy atom. The Labute approximate surface area is 118 Å². The summed E-state index contributed by atoms with van der Waals surface area (Å²) in [5, 5.41) is 7.21. The first-order chi connectivity index (χ1) is 9.76. The minimum atomic E-state index is -4.82. The van der Waals surface area contributed by atoms with Crippen molar-refractivity contribution in [1.82, 2.24) is 10.2 Å². The van der Waals surface area contributed by atoms with E-state index < -0.39 is 21.9 Å². The van der Waals surface area contributed by atoms with Crippen LogP contribution in [-0.2, 0) is 15.6 Å². The Morgan fingerprint density at radius 2 is 1.76 bits per heavy atom. The molecule has 0 aliphatic heterocycles. The largest absolute Gasteiger partial charge is 0.573 e. The van der Waals surface area contributed by atoms with E-state index in [2.05, 4.69) is 14.9 Å². The van der Waals surface area contributed by atoms with Gasteiger partial charge in [-0.3, -0.25) is 0 Å². The zero-order valence-electron chi connectivity index (χ0n) is 10.4. The zero-order valence-corrected chi connectivity index (χ0v) is 11.2. The fourth-order valence-electron chi connectivity index (χ4n) is 1.54. The number of hydrogen-bond donors (Lipinski definition) is 0. The van der Waals surface area contributed by atoms with E-state index in [0.717, 1.165) is 24.3 Å². The molecule has 0 bridgehead atoms. The lowest BCUT2D eigenvalue weighted by atomic mass is 10.3. The van der Waals surface area contributed by atoms with Gasteiger partial charge in [-0.15, -0.1) is 13.2 Å². The lowest BCUT2D eigenvalue weighted by Gasteiger charge is -2.09. The molecule has 0 radical (unpaired) electrons. The second-order valence-electron chi connectivity index (χ2n) is 3.99. The molecule has 5 nitrogen and oxygen atoms in total. The van der Waals surface area contributed by atoms with E-state index >= 15 is 0 Å². The van der Waals surface area contributed by atoms with Gasteiger partial charge in [0, 0.05) is 6.20 Å². The molecule has 1 aromatic heterocycles. The standard InChI is InChI=1S/C12H9F3N2O3S/c13-12(14,15)20-10-3-5-11(6-4-10)21(18,19)8-9-2-1-7-16-17-9/h1-7H,8H2. The maximum absolute atomic E-state index is 12.1. The van der Waals surface area contributed by atoms with Crippen LogP contribution in [0.3, 0.4) is 0 Å². The number of rotatable bonds is 4. The van der Waals surface area contributed by atoms with Crippen LogP contribution < -0.4 is 4.74 Å². The smallest absolute Gasteiger partial charge is 0.406 e. The summed E-state index contributed by atoms with van der Waals surface area (Å²) in [6.07, 6.45) is -3.42. The van der Waals surface area contributed by atoms with Gasteiger partial charge < -0.3 is 4.74 Å². The lowest BCUT2D eigenvalue weighted by Crippen LogP contribution is -2.17. The van der Waals surface area contributed by atoms with Gasteiger partial charge in [-0.1, -0.05) is 0 Å². The molecule has 0 aliphatic rings. The molecule has 21 heavy (non-hydrogen) atoms. The number of hydrogen-bond acceptors (Lipinski definition) is 5. The normalized spacial score (nSPS) is 12.1. The molecule has 0 spiro atoms. The highest BCUT2D eigenvalue weighted by Gasteiger charge is 2.31. The molecule has 112 valence electrons. The maximum Gasteiger partial charge on any atom is 0.573 e. The first-order valence-corrected chi connectivity index (χ1v) is 7.27. The summed E-state index contributed by atoms with van der Waals surface area (Å²) >= 11 is 0. The molecule has 0 saturated carbocycles. The van der Waals surface area contributed by atoms with Crippen LogP contribution >= 0.6 is 0 Å². The Morgan fingerprint density at radius 3 is 2.29 bits per heavy atom. The predicted molar refractivity (Wildman–Crippen MR) is 66.0 cm³/mol. The summed E-state index contributed by atoms with van der Waals surface area (Å²) in [5.41, 5.74) is 0.244. The Balaban J connectivity index is 2.18. The molecule has 0 fully saturated rings. The quantitative estimate of drug-likeness (QED) is 0.865. The molecular formula is C12H9F3N2O3S. The van der Waals surface area contributed by atoms with E-state index in [1.807, 2.05) is 0 Å². The molecule has 2 aromatic rings. The summed E-state index contributed by atoms with van der Waals surface area (Å²) in [7, 11) is -3.71. The maximum atomic E-state index is 12.1. The molecule has 0 saturated heterocycles. The summed E-state index contributed by atoms with van der Waals surface area (Å²) in [6, 6.07) is 7.01. The molecule has 2 rings (SSSR count). The van der Waals surface area contributed by atoms with E-state index in [0.29, 0.717) is 0 Å². The van der Waals surface area contributed by atoms with Crippen LogP contribution in [0, 0.1) is 0 Å². The SMILES string of the molecule is O=S(=O)(Cc1cccnn1)c1ccc(OC(F)(F)F)cc1. The van der Waals surface area contributed by atoms with Gasteiger partial charge in [0.25, 0.3) is 0 Å². The van der Waals surface area contributed by atoms with Crippen LogP contribution in [0.5, 0.6) is 5.75 Å². The zero-order chi connectivity index (χ0) is 15.5. The van der Waals surface area contributed by atoms with E-state index in [1.165, 1.54) is 18.3 Å². The van der Waals surface area contributed by atoms with Crippen molar-refractivity contribution >= 4 is 9.84 Å². The van der Waals surface area contributed by atoms with E-state index in [9.17, 15) is 21.6 Å². The number of sulfone groups is 1. The minimum absolute atomic E-state index is 0.123. The van der Waals surface area contributed by atoms with Crippen molar-refractivity contribution in [3.8, 4) is 5.75 Å². The van der Waals surface area contributed by atoms with Gasteiger partial charge in [0.2, 0.25) is 0 Å². The Bertz CT molecular complexity index is 701. The number of halogens is 3. The van der Waals surface area contributed by atoms with E-state index in [-0.39, 0.29) is 16.3 Å². The highest BCUT2D eigenvalue weighted by molar-refractivity contribution is 7.90. The van der Waals surface area contributed by atoms with Crippen LogP contribution in [0.2, 0.25) is 0 Å². The monoisotopic (exact) mass is 318 g/mol. The van der Waals surface area contributed by atoms with E-state index in [4.69, 9.17) is 0 Å². The summed E-state index contributed by atoms with van der Waals surface area (Å²) in [4.78, 5) is -0.123. The van der Waals surface area contributed by atoms with Gasteiger partial charge in [0.1, 0.15) is 5.75 Å². The number of ether oxygens (including phenoxy) is 1. The molecule has 9 heteroatoms. The number of aromatic nitrogens is 2. The summed E-state index contributed by atoms with van der Waals surface area (Å²) < 4.78 is 63.8. The van der Waals surface area contributed by atoms with Crippen LogP contribution in [0.4, 0.5) is 13.2 Å². The van der Waals surface area contributed by atoms with E-state index in [1.54, 1.807) is 0 Å². The number of nitrogens with zero attached hydrogens (tertiary/aromatic N) is 2. The third-order valence-electron chi connectivity index (χ3n) is 2.38. The molecule has 1 heterocycles. The summed E-state index contributed by atoms with van der Waals surface area (Å²) in [5.74, 6) is -0.874. The predicted octanol–water partition coefficient (Wildman–Crippen LogP) is 2.35. The third kappa shape index (κ3) is 4.42. The molecule has 0 amide bonds. The molecule has 0 unspecified atom stereocenters. The summed E-state index contributed by atoms with van der Waals surface area (Å²) in [6.45, 7) is 0. The fourth-order valence-corrected chi connectivity index (χ4v) is 2.80. The molecular weight excluding hydrogens is 309 g/mol. The number of benzene rings is 1. The molecule has 0 N–H and O–H groups in total. The van der Waals surface area contributed by atoms with Crippen LogP contribution in [-0.4, -0.2) is 25.0 Å². The topological polar surface area (TPSA) is 69.2 Å². The highest BCUT2D eigenvalue weighted by Crippen LogP contribution is 2.24. The average molecular weight is 318 g/mol.